The maximum Gasteiger partial charge on any atom is 0.216 e. The van der Waals surface area contributed by atoms with Gasteiger partial charge in [-0.25, -0.2) is 0 Å². The zero-order valence-electron chi connectivity index (χ0n) is 8.82. The van der Waals surface area contributed by atoms with Crippen molar-refractivity contribution in [3.8, 4) is 0 Å². The van der Waals surface area contributed by atoms with Crippen molar-refractivity contribution in [1.82, 2.24) is 5.32 Å². The van der Waals surface area contributed by atoms with Crippen LogP contribution in [0.5, 0.6) is 0 Å². The molecule has 3 heteroatoms. The van der Waals surface area contributed by atoms with Crippen molar-refractivity contribution in [3.05, 3.63) is 35.4 Å². The normalized spacial score (nSPS) is 18.6. The van der Waals surface area contributed by atoms with Gasteiger partial charge in [-0.1, -0.05) is 24.3 Å². The van der Waals surface area contributed by atoms with E-state index in [0.717, 1.165) is 13.0 Å². The van der Waals surface area contributed by atoms with Gasteiger partial charge >= 0.3 is 0 Å². The molecule has 80 valence electrons. The first-order chi connectivity index (χ1) is 7.25. The van der Waals surface area contributed by atoms with Gasteiger partial charge in [-0.05, 0) is 17.5 Å². The largest absolute Gasteiger partial charge is 0.368 e. The molecule has 0 saturated carbocycles. The van der Waals surface area contributed by atoms with Gasteiger partial charge in [-0.3, -0.25) is 4.79 Å². The zero-order chi connectivity index (χ0) is 10.7. The van der Waals surface area contributed by atoms with Crippen molar-refractivity contribution in [2.45, 2.75) is 19.4 Å². The van der Waals surface area contributed by atoms with Crippen molar-refractivity contribution in [2.75, 3.05) is 13.2 Å². The molecule has 2 rings (SSSR count). The third-order valence-corrected chi connectivity index (χ3v) is 2.47. The van der Waals surface area contributed by atoms with Crippen molar-refractivity contribution in [3.63, 3.8) is 0 Å². The van der Waals surface area contributed by atoms with Gasteiger partial charge < -0.3 is 10.1 Å². The highest BCUT2D eigenvalue weighted by molar-refractivity contribution is 5.72. The quantitative estimate of drug-likeness (QED) is 0.756. The molecule has 0 bridgehead atoms. The lowest BCUT2D eigenvalue weighted by molar-refractivity contribution is -0.118. The number of ether oxygens (including phenoxy) is 1. The number of rotatable bonds is 4. The number of carbonyl (C=O) groups excluding carboxylic acids is 1. The molecule has 1 fully saturated rings. The Kier molecular flexibility index (Phi) is 3.02. The molecule has 1 aliphatic heterocycles. The second-order valence-corrected chi connectivity index (χ2v) is 3.80. The van der Waals surface area contributed by atoms with E-state index in [9.17, 15) is 4.79 Å². The van der Waals surface area contributed by atoms with Crippen molar-refractivity contribution < 1.29 is 9.53 Å². The minimum Gasteiger partial charge on any atom is -0.368 e. The Morgan fingerprint density at radius 3 is 2.67 bits per heavy atom. The van der Waals surface area contributed by atoms with Crippen molar-refractivity contribution in [1.29, 1.82) is 0 Å². The van der Waals surface area contributed by atoms with Gasteiger partial charge in [0.15, 0.2) is 0 Å². The predicted molar refractivity (Wildman–Crippen MR) is 57.5 cm³/mol. The Labute approximate surface area is 89.4 Å². The number of benzene rings is 1. The van der Waals surface area contributed by atoms with Crippen LogP contribution in [0, 0.1) is 0 Å². The lowest BCUT2D eigenvalue weighted by Gasteiger charge is -2.03. The first kappa shape index (κ1) is 10.2. The molecular formula is C12H15NO2. The summed E-state index contributed by atoms with van der Waals surface area (Å²) in [6.45, 7) is 3.09. The SMILES string of the molecule is CC(=O)NCCc1ccc(C2CO2)cc1. The molecule has 1 saturated heterocycles. The van der Waals surface area contributed by atoms with Gasteiger partial charge in [-0.2, -0.15) is 0 Å². The smallest absolute Gasteiger partial charge is 0.216 e. The number of carbonyl (C=O) groups is 1. The monoisotopic (exact) mass is 205 g/mol. The van der Waals surface area contributed by atoms with Crippen LogP contribution in [0.1, 0.15) is 24.2 Å². The van der Waals surface area contributed by atoms with Crippen LogP contribution < -0.4 is 5.32 Å². The number of epoxide rings is 1. The highest BCUT2D eigenvalue weighted by atomic mass is 16.6. The van der Waals surface area contributed by atoms with Gasteiger partial charge in [0.1, 0.15) is 6.10 Å². The van der Waals surface area contributed by atoms with Crippen LogP contribution in [-0.4, -0.2) is 19.1 Å². The Morgan fingerprint density at radius 2 is 2.13 bits per heavy atom. The van der Waals surface area contributed by atoms with E-state index in [-0.39, 0.29) is 5.91 Å². The summed E-state index contributed by atoms with van der Waals surface area (Å²) < 4.78 is 5.19. The molecule has 3 nitrogen and oxygen atoms in total. The molecule has 1 aromatic rings. The summed E-state index contributed by atoms with van der Waals surface area (Å²) >= 11 is 0. The lowest BCUT2D eigenvalue weighted by Crippen LogP contribution is -2.22. The average Bonchev–Trinajstić information content (AvgIpc) is 3.02. The Bertz CT molecular complexity index is 341. The lowest BCUT2D eigenvalue weighted by atomic mass is 10.1. The van der Waals surface area contributed by atoms with Crippen LogP contribution in [0.25, 0.3) is 0 Å². The molecule has 1 N–H and O–H groups in total. The van der Waals surface area contributed by atoms with E-state index in [4.69, 9.17) is 4.74 Å². The standard InChI is InChI=1S/C12H15NO2/c1-9(14)13-7-6-10-2-4-11(5-3-10)12-8-15-12/h2-5,12H,6-8H2,1H3,(H,13,14). The van der Waals surface area contributed by atoms with E-state index < -0.39 is 0 Å². The van der Waals surface area contributed by atoms with Gasteiger partial charge in [0.05, 0.1) is 6.61 Å². The van der Waals surface area contributed by atoms with Gasteiger partial charge in [-0.15, -0.1) is 0 Å². The van der Waals surface area contributed by atoms with Crippen LogP contribution in [0.15, 0.2) is 24.3 Å². The molecule has 1 aromatic carbocycles. The molecule has 1 atom stereocenters. The molecule has 0 aromatic heterocycles. The van der Waals surface area contributed by atoms with E-state index in [1.54, 1.807) is 0 Å². The Balaban J connectivity index is 1.83. The maximum atomic E-state index is 10.7. The highest BCUT2D eigenvalue weighted by Gasteiger charge is 2.24. The third-order valence-electron chi connectivity index (χ3n) is 2.47. The Morgan fingerprint density at radius 1 is 1.47 bits per heavy atom. The summed E-state index contributed by atoms with van der Waals surface area (Å²) in [6, 6.07) is 8.39. The molecule has 0 spiro atoms. The van der Waals surface area contributed by atoms with Crippen LogP contribution >= 0.6 is 0 Å². The second kappa shape index (κ2) is 4.45. The zero-order valence-corrected chi connectivity index (χ0v) is 8.82. The van der Waals surface area contributed by atoms with E-state index in [1.807, 2.05) is 0 Å². The molecule has 1 unspecified atom stereocenters. The average molecular weight is 205 g/mol. The van der Waals surface area contributed by atoms with Crippen molar-refractivity contribution in [2.24, 2.45) is 0 Å². The summed E-state index contributed by atoms with van der Waals surface area (Å²) in [5.74, 6) is 0.0259. The minimum absolute atomic E-state index is 0.0259. The minimum atomic E-state index is 0.0259. The summed E-state index contributed by atoms with van der Waals surface area (Å²) in [6.07, 6.45) is 1.21. The molecule has 1 heterocycles. The summed E-state index contributed by atoms with van der Waals surface area (Å²) in [7, 11) is 0. The molecular weight excluding hydrogens is 190 g/mol. The molecule has 1 aliphatic rings. The first-order valence-electron chi connectivity index (χ1n) is 5.20. The first-order valence-corrected chi connectivity index (χ1v) is 5.20. The van der Waals surface area contributed by atoms with Crippen LogP contribution in [0.4, 0.5) is 0 Å². The van der Waals surface area contributed by atoms with Crippen LogP contribution in [0.3, 0.4) is 0 Å². The summed E-state index contributed by atoms with van der Waals surface area (Å²) in [4.78, 5) is 10.7. The molecule has 0 radical (unpaired) electrons. The fourth-order valence-electron chi connectivity index (χ4n) is 1.52. The molecule has 15 heavy (non-hydrogen) atoms. The fraction of sp³-hybridized carbons (Fsp3) is 0.417. The maximum absolute atomic E-state index is 10.7. The molecule has 0 aliphatic carbocycles. The van der Waals surface area contributed by atoms with E-state index in [2.05, 4.69) is 29.6 Å². The third kappa shape index (κ3) is 3.06. The number of amides is 1. The fourth-order valence-corrected chi connectivity index (χ4v) is 1.52. The highest BCUT2D eigenvalue weighted by Crippen LogP contribution is 2.29. The summed E-state index contributed by atoms with van der Waals surface area (Å²) in [5.41, 5.74) is 2.49. The number of hydrogen-bond acceptors (Lipinski definition) is 2. The summed E-state index contributed by atoms with van der Waals surface area (Å²) in [5, 5.41) is 2.78. The van der Waals surface area contributed by atoms with Gasteiger partial charge in [0.2, 0.25) is 5.91 Å². The van der Waals surface area contributed by atoms with E-state index in [0.29, 0.717) is 12.6 Å². The predicted octanol–water partition coefficient (Wildman–Crippen LogP) is 1.44. The van der Waals surface area contributed by atoms with Crippen molar-refractivity contribution >= 4 is 5.91 Å². The van der Waals surface area contributed by atoms with E-state index >= 15 is 0 Å². The number of hydrogen-bond donors (Lipinski definition) is 1. The van der Waals surface area contributed by atoms with Crippen LogP contribution in [0.2, 0.25) is 0 Å². The van der Waals surface area contributed by atoms with Gasteiger partial charge in [0, 0.05) is 13.5 Å². The van der Waals surface area contributed by atoms with E-state index in [1.165, 1.54) is 18.1 Å². The second-order valence-electron chi connectivity index (χ2n) is 3.80. The number of nitrogens with one attached hydrogen (secondary N) is 1. The van der Waals surface area contributed by atoms with Gasteiger partial charge in [0.25, 0.3) is 0 Å². The Hall–Kier alpha value is -1.35. The molecule has 1 amide bonds. The van der Waals surface area contributed by atoms with Crippen LogP contribution in [-0.2, 0) is 16.0 Å². The topological polar surface area (TPSA) is 41.6 Å².